The summed E-state index contributed by atoms with van der Waals surface area (Å²) in [6, 6.07) is 0. The van der Waals surface area contributed by atoms with Gasteiger partial charge >= 0.3 is 0 Å². The summed E-state index contributed by atoms with van der Waals surface area (Å²) >= 11 is 1.34. The van der Waals surface area contributed by atoms with Gasteiger partial charge in [0.05, 0.1) is 6.10 Å². The van der Waals surface area contributed by atoms with Gasteiger partial charge in [-0.1, -0.05) is 20.8 Å². The Morgan fingerprint density at radius 3 is 2.57 bits per heavy atom. The van der Waals surface area contributed by atoms with Crippen LogP contribution in [0.5, 0.6) is 0 Å². The van der Waals surface area contributed by atoms with Crippen LogP contribution < -0.4 is 5.32 Å². The van der Waals surface area contributed by atoms with E-state index in [9.17, 15) is 0 Å². The van der Waals surface area contributed by atoms with Crippen molar-refractivity contribution in [3.63, 3.8) is 0 Å². The summed E-state index contributed by atoms with van der Waals surface area (Å²) in [7, 11) is 0. The highest BCUT2D eigenvalue weighted by atomic mass is 32.1. The third-order valence-electron chi connectivity index (χ3n) is 1.65. The van der Waals surface area contributed by atoms with Crippen LogP contribution in [0.1, 0.15) is 33.5 Å². The molecule has 80 valence electrons. The van der Waals surface area contributed by atoms with E-state index in [1.807, 2.05) is 0 Å². The fourth-order valence-corrected chi connectivity index (χ4v) is 1.60. The van der Waals surface area contributed by atoms with Crippen LogP contribution in [0.3, 0.4) is 0 Å². The SMILES string of the molecule is CC(O)CNc1nc(C(C)(C)C)ns1. The zero-order valence-electron chi connectivity index (χ0n) is 9.03. The van der Waals surface area contributed by atoms with Crippen molar-refractivity contribution in [2.75, 3.05) is 11.9 Å². The van der Waals surface area contributed by atoms with Gasteiger partial charge in [-0.05, 0) is 6.92 Å². The molecule has 1 unspecified atom stereocenters. The molecule has 0 saturated carbocycles. The van der Waals surface area contributed by atoms with Crippen LogP contribution in [-0.2, 0) is 5.41 Å². The highest BCUT2D eigenvalue weighted by molar-refractivity contribution is 7.09. The van der Waals surface area contributed by atoms with Crippen LogP contribution in [-0.4, -0.2) is 27.1 Å². The summed E-state index contributed by atoms with van der Waals surface area (Å²) in [4.78, 5) is 4.34. The van der Waals surface area contributed by atoms with E-state index in [0.717, 1.165) is 11.0 Å². The predicted molar refractivity (Wildman–Crippen MR) is 58.8 cm³/mol. The summed E-state index contributed by atoms with van der Waals surface area (Å²) in [6.07, 6.45) is -0.364. The lowest BCUT2D eigenvalue weighted by atomic mass is 9.96. The Bertz CT molecular complexity index is 290. The number of anilines is 1. The lowest BCUT2D eigenvalue weighted by Gasteiger charge is -2.12. The molecule has 0 aliphatic heterocycles. The summed E-state index contributed by atoms with van der Waals surface area (Å²) in [5, 5.41) is 12.9. The highest BCUT2D eigenvalue weighted by Crippen LogP contribution is 2.22. The zero-order valence-corrected chi connectivity index (χ0v) is 9.85. The minimum absolute atomic E-state index is 0.0126. The third kappa shape index (κ3) is 3.23. The van der Waals surface area contributed by atoms with Crippen molar-refractivity contribution in [3.8, 4) is 0 Å². The summed E-state index contributed by atoms with van der Waals surface area (Å²) in [5.74, 6) is 0.843. The topological polar surface area (TPSA) is 58.0 Å². The molecule has 0 aliphatic carbocycles. The molecule has 0 saturated heterocycles. The molecule has 4 nitrogen and oxygen atoms in total. The second-order valence-electron chi connectivity index (χ2n) is 4.40. The first-order chi connectivity index (χ1) is 6.39. The number of nitrogens with one attached hydrogen (secondary N) is 1. The molecule has 0 fully saturated rings. The van der Waals surface area contributed by atoms with Gasteiger partial charge in [-0.15, -0.1) is 0 Å². The molecule has 0 aromatic carbocycles. The van der Waals surface area contributed by atoms with E-state index in [-0.39, 0.29) is 11.5 Å². The molecular weight excluding hydrogens is 198 g/mol. The second-order valence-corrected chi connectivity index (χ2v) is 5.15. The van der Waals surface area contributed by atoms with Gasteiger partial charge in [0.25, 0.3) is 0 Å². The van der Waals surface area contributed by atoms with Gasteiger partial charge in [0.2, 0.25) is 5.13 Å². The number of rotatable bonds is 3. The van der Waals surface area contributed by atoms with E-state index in [4.69, 9.17) is 5.11 Å². The molecule has 0 amide bonds. The Balaban J connectivity index is 2.60. The van der Waals surface area contributed by atoms with Crippen LogP contribution in [0.15, 0.2) is 0 Å². The quantitative estimate of drug-likeness (QED) is 0.804. The van der Waals surface area contributed by atoms with E-state index < -0.39 is 0 Å². The molecule has 0 aliphatic rings. The second kappa shape index (κ2) is 4.23. The van der Waals surface area contributed by atoms with Crippen molar-refractivity contribution < 1.29 is 5.11 Å². The van der Waals surface area contributed by atoms with Gasteiger partial charge in [-0.25, -0.2) is 4.98 Å². The molecule has 14 heavy (non-hydrogen) atoms. The van der Waals surface area contributed by atoms with Gasteiger partial charge in [-0.3, -0.25) is 0 Å². The molecule has 5 heteroatoms. The van der Waals surface area contributed by atoms with Gasteiger partial charge in [0, 0.05) is 23.5 Å². The normalized spacial score (nSPS) is 14.1. The smallest absolute Gasteiger partial charge is 0.202 e. The Morgan fingerprint density at radius 2 is 2.14 bits per heavy atom. The van der Waals surface area contributed by atoms with Crippen LogP contribution >= 0.6 is 11.5 Å². The molecule has 1 aromatic heterocycles. The summed E-state index contributed by atoms with van der Waals surface area (Å²) in [6.45, 7) is 8.48. The standard InChI is InChI=1S/C9H17N3OS/c1-6(13)5-10-8-11-7(12-14-8)9(2,3)4/h6,13H,5H2,1-4H3,(H,10,11,12). The van der Waals surface area contributed by atoms with E-state index in [1.165, 1.54) is 11.5 Å². The lowest BCUT2D eigenvalue weighted by molar-refractivity contribution is 0.208. The van der Waals surface area contributed by atoms with E-state index in [0.29, 0.717) is 6.54 Å². The first kappa shape index (κ1) is 11.4. The average Bonchev–Trinajstić information content (AvgIpc) is 2.47. The monoisotopic (exact) mass is 215 g/mol. The van der Waals surface area contributed by atoms with Crippen molar-refractivity contribution in [3.05, 3.63) is 5.82 Å². The molecule has 1 aromatic rings. The molecule has 1 heterocycles. The summed E-state index contributed by atoms with van der Waals surface area (Å²) in [5.41, 5.74) is -0.0126. The molecule has 1 rings (SSSR count). The van der Waals surface area contributed by atoms with E-state index in [1.54, 1.807) is 6.92 Å². The molecule has 1 atom stereocenters. The van der Waals surface area contributed by atoms with E-state index >= 15 is 0 Å². The van der Waals surface area contributed by atoms with Gasteiger partial charge in [-0.2, -0.15) is 4.37 Å². The Morgan fingerprint density at radius 1 is 1.50 bits per heavy atom. The average molecular weight is 215 g/mol. The van der Waals surface area contributed by atoms with Crippen LogP contribution in [0.2, 0.25) is 0 Å². The Hall–Kier alpha value is -0.680. The van der Waals surface area contributed by atoms with Gasteiger partial charge < -0.3 is 10.4 Å². The maximum Gasteiger partial charge on any atom is 0.202 e. The fourth-order valence-electron chi connectivity index (χ4n) is 0.835. The van der Waals surface area contributed by atoms with E-state index in [2.05, 4.69) is 35.4 Å². The van der Waals surface area contributed by atoms with Crippen LogP contribution in [0.25, 0.3) is 0 Å². The number of aromatic nitrogens is 2. The van der Waals surface area contributed by atoms with Crippen molar-refractivity contribution in [2.45, 2.75) is 39.2 Å². The lowest BCUT2D eigenvalue weighted by Crippen LogP contribution is -2.16. The van der Waals surface area contributed by atoms with Crippen molar-refractivity contribution in [1.29, 1.82) is 0 Å². The van der Waals surface area contributed by atoms with Gasteiger partial charge in [0.1, 0.15) is 5.82 Å². The Labute approximate surface area is 88.6 Å². The van der Waals surface area contributed by atoms with Crippen LogP contribution in [0, 0.1) is 0 Å². The number of aliphatic hydroxyl groups excluding tert-OH is 1. The first-order valence-corrected chi connectivity index (χ1v) is 5.43. The van der Waals surface area contributed by atoms with Crippen molar-refractivity contribution in [1.82, 2.24) is 9.36 Å². The number of hydrogen-bond donors (Lipinski definition) is 2. The highest BCUT2D eigenvalue weighted by Gasteiger charge is 2.19. The predicted octanol–water partition coefficient (Wildman–Crippen LogP) is 1.63. The summed E-state index contributed by atoms with van der Waals surface area (Å²) < 4.78 is 4.25. The minimum atomic E-state index is -0.364. The first-order valence-electron chi connectivity index (χ1n) is 4.65. The molecule has 0 bridgehead atoms. The number of nitrogens with zero attached hydrogens (tertiary/aromatic N) is 2. The minimum Gasteiger partial charge on any atom is -0.392 e. The van der Waals surface area contributed by atoms with Crippen molar-refractivity contribution >= 4 is 16.7 Å². The molecule has 2 N–H and O–H groups in total. The largest absolute Gasteiger partial charge is 0.392 e. The number of aliphatic hydroxyl groups is 1. The zero-order chi connectivity index (χ0) is 10.8. The Kier molecular flexibility index (Phi) is 3.44. The van der Waals surface area contributed by atoms with Crippen LogP contribution in [0.4, 0.5) is 5.13 Å². The maximum atomic E-state index is 9.07. The molecule has 0 spiro atoms. The number of hydrogen-bond acceptors (Lipinski definition) is 5. The van der Waals surface area contributed by atoms with Crippen molar-refractivity contribution in [2.24, 2.45) is 0 Å². The fraction of sp³-hybridized carbons (Fsp3) is 0.778. The molecular formula is C9H17N3OS. The maximum absolute atomic E-state index is 9.07. The third-order valence-corrected chi connectivity index (χ3v) is 2.32. The molecule has 0 radical (unpaired) electrons. The van der Waals surface area contributed by atoms with Gasteiger partial charge in [0.15, 0.2) is 0 Å².